The van der Waals surface area contributed by atoms with Gasteiger partial charge in [-0.2, -0.15) is 0 Å². The predicted molar refractivity (Wildman–Crippen MR) is 111 cm³/mol. The molecule has 0 bridgehead atoms. The number of rotatable bonds is 7. The number of nitrogens with zero attached hydrogens (tertiary/aromatic N) is 3. The first-order chi connectivity index (χ1) is 14.0. The number of β-amino-alcohol motifs (C(OH)–C–C–N with tert-alkyl or cyclic N) is 1. The molecule has 8 heteroatoms. The highest BCUT2D eigenvalue weighted by Crippen LogP contribution is 2.28. The van der Waals surface area contributed by atoms with Crippen LogP contribution in [0.3, 0.4) is 0 Å². The number of aromatic nitrogens is 1. The van der Waals surface area contributed by atoms with Crippen LogP contribution in [0.5, 0.6) is 5.75 Å². The second-order valence-electron chi connectivity index (χ2n) is 6.86. The van der Waals surface area contributed by atoms with Gasteiger partial charge in [0, 0.05) is 50.1 Å². The fourth-order valence-corrected chi connectivity index (χ4v) is 3.45. The highest BCUT2D eigenvalue weighted by atomic mass is 35.5. The average Bonchev–Trinajstić information content (AvgIpc) is 2.73. The van der Waals surface area contributed by atoms with Crippen molar-refractivity contribution in [2.45, 2.75) is 13.0 Å². The van der Waals surface area contributed by atoms with Crippen LogP contribution < -0.4 is 4.74 Å². The van der Waals surface area contributed by atoms with Crippen molar-refractivity contribution in [3.05, 3.63) is 47.7 Å². The Bertz CT molecular complexity index is 798. The molecule has 1 aliphatic heterocycles. The molecular weight excluding hydrogens is 394 g/mol. The molecule has 1 aromatic heterocycles. The van der Waals surface area contributed by atoms with Gasteiger partial charge in [0.2, 0.25) is 0 Å². The van der Waals surface area contributed by atoms with E-state index in [1.54, 1.807) is 30.3 Å². The number of carbonyl (C=O) groups excluding carboxylic acids is 1. The number of hydrogen-bond donors (Lipinski definition) is 1. The van der Waals surface area contributed by atoms with Crippen molar-refractivity contribution in [2.24, 2.45) is 0 Å². The van der Waals surface area contributed by atoms with E-state index in [1.165, 1.54) is 0 Å². The van der Waals surface area contributed by atoms with Gasteiger partial charge in [-0.1, -0.05) is 11.6 Å². The molecule has 1 fully saturated rings. The normalized spacial score (nSPS) is 15.8. The molecule has 0 saturated carbocycles. The van der Waals surface area contributed by atoms with Crippen LogP contribution in [-0.2, 0) is 4.74 Å². The Morgan fingerprint density at radius 3 is 2.59 bits per heavy atom. The summed E-state index contributed by atoms with van der Waals surface area (Å²) in [5.74, 6) is 0.607. The molecule has 0 radical (unpaired) electrons. The zero-order valence-electron chi connectivity index (χ0n) is 16.5. The van der Waals surface area contributed by atoms with Crippen LogP contribution in [0.15, 0.2) is 42.7 Å². The van der Waals surface area contributed by atoms with Gasteiger partial charge >= 0.3 is 6.09 Å². The van der Waals surface area contributed by atoms with Crippen LogP contribution in [0.25, 0.3) is 11.1 Å². The Balaban J connectivity index is 1.48. The molecule has 1 aromatic carbocycles. The van der Waals surface area contributed by atoms with E-state index in [9.17, 15) is 9.90 Å². The molecular formula is C21H26ClN3O4. The number of pyridine rings is 1. The summed E-state index contributed by atoms with van der Waals surface area (Å²) in [4.78, 5) is 19.6. The van der Waals surface area contributed by atoms with Gasteiger partial charge in [-0.3, -0.25) is 9.88 Å². The summed E-state index contributed by atoms with van der Waals surface area (Å²) >= 11 is 6.22. The molecule has 1 amide bonds. The minimum absolute atomic E-state index is 0.161. The van der Waals surface area contributed by atoms with Gasteiger partial charge in [0.05, 0.1) is 6.61 Å². The second kappa shape index (κ2) is 10.4. The summed E-state index contributed by atoms with van der Waals surface area (Å²) < 4.78 is 10.8. The molecule has 3 rings (SSSR count). The minimum atomic E-state index is -0.646. The van der Waals surface area contributed by atoms with Crippen LogP contribution in [0, 0.1) is 0 Å². The zero-order chi connectivity index (χ0) is 20.6. The zero-order valence-corrected chi connectivity index (χ0v) is 17.2. The maximum atomic E-state index is 11.7. The fourth-order valence-electron chi connectivity index (χ4n) is 3.23. The summed E-state index contributed by atoms with van der Waals surface area (Å²) in [7, 11) is 0. The number of hydrogen-bond acceptors (Lipinski definition) is 6. The summed E-state index contributed by atoms with van der Waals surface area (Å²) in [6.45, 7) is 5.39. The number of benzene rings is 1. The largest absolute Gasteiger partial charge is 0.491 e. The van der Waals surface area contributed by atoms with Crippen molar-refractivity contribution in [2.75, 3.05) is 45.9 Å². The number of carbonyl (C=O) groups is 1. The van der Waals surface area contributed by atoms with E-state index in [0.29, 0.717) is 50.1 Å². The SMILES string of the molecule is CCOC(=O)N1CCN(CC(O)COc2cc(Cl)cc(-c3ccncc3)c2)CC1. The van der Waals surface area contributed by atoms with Crippen molar-refractivity contribution in [1.82, 2.24) is 14.8 Å². The van der Waals surface area contributed by atoms with E-state index in [1.807, 2.05) is 24.3 Å². The summed E-state index contributed by atoms with van der Waals surface area (Å²) in [6.07, 6.45) is 2.53. The molecule has 0 spiro atoms. The fraction of sp³-hybridized carbons (Fsp3) is 0.429. The third kappa shape index (κ3) is 6.32. The Hall–Kier alpha value is -2.35. The second-order valence-corrected chi connectivity index (χ2v) is 7.30. The Kier molecular flexibility index (Phi) is 7.69. The lowest BCUT2D eigenvalue weighted by Gasteiger charge is -2.34. The number of halogens is 1. The van der Waals surface area contributed by atoms with Gasteiger partial charge in [0.25, 0.3) is 0 Å². The lowest BCUT2D eigenvalue weighted by atomic mass is 10.1. The lowest BCUT2D eigenvalue weighted by molar-refractivity contribution is 0.0408. The molecule has 1 aliphatic rings. The Morgan fingerprint density at radius 2 is 1.90 bits per heavy atom. The van der Waals surface area contributed by atoms with Gasteiger partial charge in [-0.25, -0.2) is 4.79 Å². The van der Waals surface area contributed by atoms with Crippen molar-refractivity contribution in [3.63, 3.8) is 0 Å². The van der Waals surface area contributed by atoms with Crippen LogP contribution in [0.1, 0.15) is 6.92 Å². The first-order valence-electron chi connectivity index (χ1n) is 9.71. The molecule has 2 aromatic rings. The van der Waals surface area contributed by atoms with E-state index in [4.69, 9.17) is 21.1 Å². The molecule has 1 atom stereocenters. The van der Waals surface area contributed by atoms with Gasteiger partial charge < -0.3 is 19.5 Å². The molecule has 7 nitrogen and oxygen atoms in total. The van der Waals surface area contributed by atoms with E-state index >= 15 is 0 Å². The van der Waals surface area contributed by atoms with Crippen LogP contribution in [0.4, 0.5) is 4.79 Å². The van der Waals surface area contributed by atoms with Gasteiger partial charge in [-0.05, 0) is 48.4 Å². The van der Waals surface area contributed by atoms with Crippen molar-refractivity contribution >= 4 is 17.7 Å². The number of piperazine rings is 1. The van der Waals surface area contributed by atoms with Gasteiger partial charge in [0.1, 0.15) is 18.5 Å². The summed E-state index contributed by atoms with van der Waals surface area (Å²) in [6, 6.07) is 9.30. The summed E-state index contributed by atoms with van der Waals surface area (Å²) in [5, 5.41) is 10.9. The predicted octanol–water partition coefficient (Wildman–Crippen LogP) is 2.92. The lowest BCUT2D eigenvalue weighted by Crippen LogP contribution is -2.51. The standard InChI is InChI=1S/C21H26ClN3O4/c1-2-28-21(27)25-9-7-24(8-10-25)14-19(26)15-29-20-12-17(11-18(22)13-20)16-3-5-23-6-4-16/h3-6,11-13,19,26H,2,7-10,14-15H2,1H3. The smallest absolute Gasteiger partial charge is 0.409 e. The number of amides is 1. The quantitative estimate of drug-likeness (QED) is 0.743. The van der Waals surface area contributed by atoms with Crippen molar-refractivity contribution in [1.29, 1.82) is 0 Å². The topological polar surface area (TPSA) is 75.1 Å². The Morgan fingerprint density at radius 1 is 1.17 bits per heavy atom. The molecule has 29 heavy (non-hydrogen) atoms. The third-order valence-corrected chi connectivity index (χ3v) is 4.91. The van der Waals surface area contributed by atoms with E-state index in [0.717, 1.165) is 11.1 Å². The average molecular weight is 420 g/mol. The number of aliphatic hydroxyl groups excluding tert-OH is 1. The maximum Gasteiger partial charge on any atom is 0.409 e. The van der Waals surface area contributed by atoms with Gasteiger partial charge in [-0.15, -0.1) is 0 Å². The van der Waals surface area contributed by atoms with Crippen molar-refractivity contribution in [3.8, 4) is 16.9 Å². The van der Waals surface area contributed by atoms with E-state index in [2.05, 4.69) is 9.88 Å². The molecule has 156 valence electrons. The highest BCUT2D eigenvalue weighted by Gasteiger charge is 2.23. The van der Waals surface area contributed by atoms with Crippen LogP contribution in [-0.4, -0.2) is 78.0 Å². The monoisotopic (exact) mass is 419 g/mol. The molecule has 0 aliphatic carbocycles. The molecule has 1 N–H and O–H groups in total. The van der Waals surface area contributed by atoms with Crippen LogP contribution in [0.2, 0.25) is 5.02 Å². The minimum Gasteiger partial charge on any atom is -0.491 e. The van der Waals surface area contributed by atoms with Crippen LogP contribution >= 0.6 is 11.6 Å². The maximum absolute atomic E-state index is 11.7. The number of ether oxygens (including phenoxy) is 2. The Labute approximate surface area is 175 Å². The molecule has 1 unspecified atom stereocenters. The van der Waals surface area contributed by atoms with E-state index in [-0.39, 0.29) is 12.7 Å². The highest BCUT2D eigenvalue weighted by molar-refractivity contribution is 6.31. The van der Waals surface area contributed by atoms with E-state index < -0.39 is 6.10 Å². The van der Waals surface area contributed by atoms with Crippen molar-refractivity contribution < 1.29 is 19.4 Å². The summed E-state index contributed by atoms with van der Waals surface area (Å²) in [5.41, 5.74) is 1.92. The first-order valence-corrected chi connectivity index (χ1v) is 10.1. The van der Waals surface area contributed by atoms with Gasteiger partial charge in [0.15, 0.2) is 0 Å². The third-order valence-electron chi connectivity index (χ3n) is 4.69. The number of aliphatic hydroxyl groups is 1. The molecule has 2 heterocycles. The first kappa shape index (κ1) is 21.4. The molecule has 1 saturated heterocycles.